The van der Waals surface area contributed by atoms with Gasteiger partial charge in [0.05, 0.1) is 17.6 Å². The number of anilines is 1. The van der Waals surface area contributed by atoms with Gasteiger partial charge < -0.3 is 15.6 Å². The zero-order chi connectivity index (χ0) is 15.5. The van der Waals surface area contributed by atoms with Gasteiger partial charge in [0, 0.05) is 18.6 Å². The summed E-state index contributed by atoms with van der Waals surface area (Å²) >= 11 is 1.36. The maximum atomic E-state index is 12.4. The summed E-state index contributed by atoms with van der Waals surface area (Å²) in [6.45, 7) is -0.0243. The Labute approximate surface area is 130 Å². The first-order chi connectivity index (χ1) is 10.6. The van der Waals surface area contributed by atoms with Gasteiger partial charge in [-0.3, -0.25) is 14.3 Å². The molecule has 0 aliphatic heterocycles. The second-order valence-corrected chi connectivity index (χ2v) is 5.49. The molecule has 0 atom stereocenters. The monoisotopic (exact) mass is 315 g/mol. The molecular formula is C14H13N5O2S. The number of nitrogens with two attached hydrogens (primary N) is 1. The van der Waals surface area contributed by atoms with E-state index in [-0.39, 0.29) is 12.5 Å². The lowest BCUT2D eigenvalue weighted by molar-refractivity contribution is -0.118. The van der Waals surface area contributed by atoms with Crippen LogP contribution in [0.2, 0.25) is 0 Å². The molecule has 3 aromatic rings. The Morgan fingerprint density at radius 1 is 1.32 bits per heavy atom. The molecule has 0 saturated heterocycles. The molecule has 0 spiro atoms. The lowest BCUT2D eigenvalue weighted by atomic mass is 10.3. The van der Waals surface area contributed by atoms with E-state index in [1.165, 1.54) is 22.2 Å². The zero-order valence-corrected chi connectivity index (χ0v) is 12.3. The minimum atomic E-state index is -0.492. The van der Waals surface area contributed by atoms with Crippen LogP contribution in [0.3, 0.4) is 0 Å². The number of hydrogen-bond donors (Lipinski definition) is 2. The molecule has 8 heteroatoms. The van der Waals surface area contributed by atoms with E-state index in [9.17, 15) is 9.59 Å². The minimum Gasteiger partial charge on any atom is -0.368 e. The van der Waals surface area contributed by atoms with Crippen molar-refractivity contribution in [1.82, 2.24) is 14.3 Å². The van der Waals surface area contributed by atoms with E-state index in [1.807, 2.05) is 40.5 Å². The van der Waals surface area contributed by atoms with Gasteiger partial charge in [0.15, 0.2) is 0 Å². The summed E-state index contributed by atoms with van der Waals surface area (Å²) in [5.41, 5.74) is 6.43. The summed E-state index contributed by atoms with van der Waals surface area (Å²) in [5, 5.41) is 8.59. The van der Waals surface area contributed by atoms with E-state index in [0.29, 0.717) is 10.6 Å². The van der Waals surface area contributed by atoms with Gasteiger partial charge in [-0.05, 0) is 23.6 Å². The maximum absolute atomic E-state index is 12.4. The van der Waals surface area contributed by atoms with Crippen LogP contribution in [0, 0.1) is 0 Å². The third-order valence-corrected chi connectivity index (χ3v) is 3.84. The van der Waals surface area contributed by atoms with Crippen molar-refractivity contribution >= 4 is 28.8 Å². The zero-order valence-electron chi connectivity index (χ0n) is 11.5. The fourth-order valence-electron chi connectivity index (χ4n) is 2.03. The largest absolute Gasteiger partial charge is 0.368 e. The third kappa shape index (κ3) is 2.91. The van der Waals surface area contributed by atoms with Crippen molar-refractivity contribution in [3.05, 3.63) is 53.2 Å². The van der Waals surface area contributed by atoms with Crippen LogP contribution in [0.4, 0.5) is 5.69 Å². The van der Waals surface area contributed by atoms with Crippen LogP contribution in [0.25, 0.3) is 5.69 Å². The molecule has 112 valence electrons. The predicted octanol–water partition coefficient (Wildman–Crippen LogP) is 1.47. The quantitative estimate of drug-likeness (QED) is 0.746. The molecule has 7 nitrogen and oxygen atoms in total. The van der Waals surface area contributed by atoms with Gasteiger partial charge in [-0.1, -0.05) is 0 Å². The first-order valence-electron chi connectivity index (χ1n) is 6.46. The fourth-order valence-corrected chi connectivity index (χ4v) is 2.82. The van der Waals surface area contributed by atoms with Crippen molar-refractivity contribution in [1.29, 1.82) is 0 Å². The fraction of sp³-hybridized carbons (Fsp3) is 0.0714. The lowest BCUT2D eigenvalue weighted by Crippen LogP contribution is -2.18. The van der Waals surface area contributed by atoms with Gasteiger partial charge in [-0.2, -0.15) is 5.10 Å². The number of nitrogens with zero attached hydrogens (tertiary/aromatic N) is 3. The molecule has 0 aliphatic carbocycles. The molecule has 0 saturated carbocycles. The molecule has 0 bridgehead atoms. The molecule has 0 fully saturated rings. The number of nitrogens with one attached hydrogen (secondary N) is 1. The Morgan fingerprint density at radius 3 is 2.82 bits per heavy atom. The van der Waals surface area contributed by atoms with Crippen molar-refractivity contribution in [3.8, 4) is 5.69 Å². The Bertz CT molecular complexity index is 803. The Balaban J connectivity index is 1.77. The number of hydrogen-bond acceptors (Lipinski definition) is 4. The van der Waals surface area contributed by atoms with Crippen LogP contribution in [0.15, 0.2) is 48.4 Å². The molecule has 0 unspecified atom stereocenters. The lowest BCUT2D eigenvalue weighted by Gasteiger charge is -2.05. The molecule has 3 N–H and O–H groups in total. The van der Waals surface area contributed by atoms with Crippen molar-refractivity contribution in [2.45, 2.75) is 6.54 Å². The van der Waals surface area contributed by atoms with Crippen LogP contribution < -0.4 is 11.1 Å². The summed E-state index contributed by atoms with van der Waals surface area (Å²) < 4.78 is 3.25. The number of thiophene rings is 1. The van der Waals surface area contributed by atoms with Crippen molar-refractivity contribution in [2.75, 3.05) is 5.32 Å². The topological polar surface area (TPSA) is 94.9 Å². The number of rotatable bonds is 5. The highest BCUT2D eigenvalue weighted by molar-refractivity contribution is 7.12. The predicted molar refractivity (Wildman–Crippen MR) is 83.0 cm³/mol. The van der Waals surface area contributed by atoms with Gasteiger partial charge in [-0.25, -0.2) is 0 Å². The molecule has 22 heavy (non-hydrogen) atoms. The van der Waals surface area contributed by atoms with Crippen LogP contribution in [0.1, 0.15) is 9.67 Å². The average molecular weight is 315 g/mol. The third-order valence-electron chi connectivity index (χ3n) is 2.94. The Hall–Kier alpha value is -2.87. The second-order valence-electron chi connectivity index (χ2n) is 4.57. The number of amides is 2. The summed E-state index contributed by atoms with van der Waals surface area (Å²) in [6.07, 6.45) is 6.79. The van der Waals surface area contributed by atoms with E-state index >= 15 is 0 Å². The SMILES string of the molecule is NC(=O)Cn1cc(NC(=O)c2sccc2-n2cccc2)cn1. The van der Waals surface area contributed by atoms with Gasteiger partial charge in [0.2, 0.25) is 5.91 Å². The van der Waals surface area contributed by atoms with E-state index in [1.54, 1.807) is 6.20 Å². The average Bonchev–Trinajstić information content (AvgIpc) is 3.18. The smallest absolute Gasteiger partial charge is 0.267 e. The van der Waals surface area contributed by atoms with Gasteiger partial charge >= 0.3 is 0 Å². The number of aromatic nitrogens is 3. The molecule has 0 aromatic carbocycles. The normalized spacial score (nSPS) is 10.5. The number of carbonyl (C=O) groups excluding carboxylic acids is 2. The van der Waals surface area contributed by atoms with E-state index in [0.717, 1.165) is 5.69 Å². The standard InChI is InChI=1S/C14H13N5O2S/c15-12(20)9-19-8-10(7-16-19)17-14(21)13-11(3-6-22-13)18-4-1-2-5-18/h1-8H,9H2,(H2,15,20)(H,17,21). The van der Waals surface area contributed by atoms with Crippen LogP contribution in [0.5, 0.6) is 0 Å². The molecule has 2 amide bonds. The Morgan fingerprint density at radius 2 is 2.09 bits per heavy atom. The molecular weight excluding hydrogens is 302 g/mol. The highest BCUT2D eigenvalue weighted by atomic mass is 32.1. The van der Waals surface area contributed by atoms with E-state index < -0.39 is 5.91 Å². The summed E-state index contributed by atoms with van der Waals surface area (Å²) in [4.78, 5) is 23.8. The van der Waals surface area contributed by atoms with Gasteiger partial charge in [0.1, 0.15) is 11.4 Å². The number of carbonyl (C=O) groups is 2. The Kier molecular flexibility index (Phi) is 3.75. The summed E-state index contributed by atoms with van der Waals surface area (Å²) in [6, 6.07) is 5.68. The van der Waals surface area contributed by atoms with Crippen LogP contribution in [-0.2, 0) is 11.3 Å². The highest BCUT2D eigenvalue weighted by Crippen LogP contribution is 2.22. The highest BCUT2D eigenvalue weighted by Gasteiger charge is 2.15. The molecule has 3 rings (SSSR count). The maximum Gasteiger partial charge on any atom is 0.267 e. The van der Waals surface area contributed by atoms with Crippen molar-refractivity contribution < 1.29 is 9.59 Å². The van der Waals surface area contributed by atoms with E-state index in [2.05, 4.69) is 10.4 Å². The minimum absolute atomic E-state index is 0.0243. The van der Waals surface area contributed by atoms with E-state index in [4.69, 9.17) is 5.73 Å². The summed E-state index contributed by atoms with van der Waals surface area (Å²) in [7, 11) is 0. The summed E-state index contributed by atoms with van der Waals surface area (Å²) in [5.74, 6) is -0.716. The van der Waals surface area contributed by atoms with Gasteiger partial charge in [-0.15, -0.1) is 11.3 Å². The van der Waals surface area contributed by atoms with Crippen molar-refractivity contribution in [3.63, 3.8) is 0 Å². The first-order valence-corrected chi connectivity index (χ1v) is 7.34. The first kappa shape index (κ1) is 14.1. The van der Waals surface area contributed by atoms with Crippen molar-refractivity contribution in [2.24, 2.45) is 5.73 Å². The van der Waals surface area contributed by atoms with Gasteiger partial charge in [0.25, 0.3) is 5.91 Å². The molecule has 0 radical (unpaired) electrons. The molecule has 0 aliphatic rings. The van der Waals surface area contributed by atoms with Crippen LogP contribution in [-0.4, -0.2) is 26.2 Å². The molecule has 3 aromatic heterocycles. The second kappa shape index (κ2) is 5.86. The molecule has 3 heterocycles. The number of primary amides is 1. The van der Waals surface area contributed by atoms with Crippen LogP contribution >= 0.6 is 11.3 Å².